The van der Waals surface area contributed by atoms with Crippen LogP contribution in [-0.4, -0.2) is 61.7 Å². The largest absolute Gasteiger partial charge is 0.488 e. The number of aromatic nitrogens is 4. The van der Waals surface area contributed by atoms with E-state index in [0.717, 1.165) is 37.9 Å². The van der Waals surface area contributed by atoms with Gasteiger partial charge in [0.25, 0.3) is 0 Å². The Morgan fingerprint density at radius 2 is 2.06 bits per heavy atom. The van der Waals surface area contributed by atoms with Crippen LogP contribution in [-0.2, 0) is 23.2 Å². The Kier molecular flexibility index (Phi) is 6.14. The quantitative estimate of drug-likeness (QED) is 0.605. The maximum atomic E-state index is 12.3. The minimum atomic E-state index is -0.697. The first kappa shape index (κ1) is 23.6. The number of aryl methyl sites for hydroxylation is 2. The summed E-state index contributed by atoms with van der Waals surface area (Å²) in [6.07, 6.45) is 6.31. The van der Waals surface area contributed by atoms with Crippen molar-refractivity contribution in [3.63, 3.8) is 0 Å². The van der Waals surface area contributed by atoms with Crippen LogP contribution in [0.4, 0.5) is 4.79 Å². The van der Waals surface area contributed by atoms with Crippen LogP contribution in [0, 0.1) is 24.2 Å². The van der Waals surface area contributed by atoms with Crippen molar-refractivity contribution in [2.24, 2.45) is 24.3 Å². The Morgan fingerprint density at radius 3 is 2.77 bits per heavy atom. The Hall–Kier alpha value is -3.17. The molecule has 3 atom stereocenters. The second kappa shape index (κ2) is 9.13. The molecule has 0 bridgehead atoms. The average Bonchev–Trinajstić information content (AvgIpc) is 3.73. The van der Waals surface area contributed by atoms with E-state index < -0.39 is 5.97 Å². The molecule has 10 heteroatoms. The van der Waals surface area contributed by atoms with E-state index in [4.69, 9.17) is 14.5 Å². The Labute approximate surface area is 204 Å². The van der Waals surface area contributed by atoms with E-state index in [1.807, 2.05) is 19.1 Å². The molecular weight excluding hydrogens is 450 g/mol. The number of hydrogen-bond acceptors (Lipinski definition) is 7. The lowest BCUT2D eigenvalue weighted by molar-refractivity contribution is -0.143. The third kappa shape index (κ3) is 4.97. The second-order valence-electron chi connectivity index (χ2n) is 10.5. The monoisotopic (exact) mass is 483 g/mol. The van der Waals surface area contributed by atoms with E-state index in [0.29, 0.717) is 35.2 Å². The third-order valence-electron chi connectivity index (χ3n) is 7.71. The zero-order valence-corrected chi connectivity index (χ0v) is 20.6. The predicted octanol–water partition coefficient (Wildman–Crippen LogP) is 3.58. The molecule has 0 radical (unpaired) electrons. The number of carboxylic acid groups (broad SMARTS) is 1. The predicted molar refractivity (Wildman–Crippen MR) is 126 cm³/mol. The van der Waals surface area contributed by atoms with Crippen LogP contribution in [0.15, 0.2) is 12.1 Å². The van der Waals surface area contributed by atoms with Gasteiger partial charge >= 0.3 is 12.1 Å². The number of ether oxygens (including phenoxy) is 2. The van der Waals surface area contributed by atoms with Gasteiger partial charge in [-0.2, -0.15) is 0 Å². The van der Waals surface area contributed by atoms with E-state index in [2.05, 4.69) is 10.3 Å². The fourth-order valence-corrected chi connectivity index (χ4v) is 5.26. The number of carbonyl (C=O) groups excluding carboxylic acids is 1. The number of pyridine rings is 1. The van der Waals surface area contributed by atoms with Gasteiger partial charge in [-0.05, 0) is 63.5 Å². The smallest absolute Gasteiger partial charge is 0.409 e. The summed E-state index contributed by atoms with van der Waals surface area (Å²) in [5.74, 6) is 0.330. The molecule has 188 valence electrons. The summed E-state index contributed by atoms with van der Waals surface area (Å²) in [7, 11) is 3.52. The summed E-state index contributed by atoms with van der Waals surface area (Å²) < 4.78 is 13.4. The van der Waals surface area contributed by atoms with Gasteiger partial charge < -0.3 is 19.5 Å². The molecule has 5 rings (SSSR count). The topological polar surface area (TPSA) is 120 Å². The average molecular weight is 484 g/mol. The highest BCUT2D eigenvalue weighted by molar-refractivity contribution is 5.70. The lowest BCUT2D eigenvalue weighted by Crippen LogP contribution is -2.29. The summed E-state index contributed by atoms with van der Waals surface area (Å²) in [5, 5.41) is 17.8. The first-order chi connectivity index (χ1) is 16.8. The molecule has 2 unspecified atom stereocenters. The van der Waals surface area contributed by atoms with Crippen LogP contribution in [0.2, 0.25) is 0 Å². The van der Waals surface area contributed by atoms with Gasteiger partial charge in [-0.15, -0.1) is 5.10 Å². The summed E-state index contributed by atoms with van der Waals surface area (Å²) >= 11 is 0. The highest BCUT2D eigenvalue weighted by Crippen LogP contribution is 2.59. The molecule has 1 N–H and O–H groups in total. The fourth-order valence-electron chi connectivity index (χ4n) is 5.26. The van der Waals surface area contributed by atoms with Crippen LogP contribution in [0.1, 0.15) is 56.3 Å². The molecular formula is C25H33N5O5. The van der Waals surface area contributed by atoms with Gasteiger partial charge in [-0.3, -0.25) is 4.79 Å². The van der Waals surface area contributed by atoms with Gasteiger partial charge in [0.2, 0.25) is 0 Å². The number of carboxylic acids is 1. The molecule has 2 heterocycles. The zero-order valence-electron chi connectivity index (χ0n) is 20.6. The summed E-state index contributed by atoms with van der Waals surface area (Å²) in [4.78, 5) is 30.1. The molecule has 3 saturated carbocycles. The molecule has 0 saturated heterocycles. The van der Waals surface area contributed by atoms with Crippen LogP contribution in [0.3, 0.4) is 0 Å². The minimum Gasteiger partial charge on any atom is -0.488 e. The van der Waals surface area contributed by atoms with Crippen LogP contribution in [0.5, 0.6) is 5.75 Å². The number of amides is 1. The summed E-state index contributed by atoms with van der Waals surface area (Å²) in [5.41, 5.74) is 2.59. The number of nitrogens with zero attached hydrogens (tertiary/aromatic N) is 5. The highest BCUT2D eigenvalue weighted by atomic mass is 16.6. The standard InChI is InChI=1S/C25H33N5O5/c1-15-20(35-21-12-25(21)10-4-5-17(11-25)23(31)32)9-8-18(26-15)22-19(30(3)28-27-22)14-34-24(33)29(2)13-16-6-7-16/h8-9,16-17,21H,4-7,10-14H2,1-3H3,(H,31,32)/t17-,21?,25?/m0/s1. The van der Waals surface area contributed by atoms with Gasteiger partial charge in [-0.25, -0.2) is 14.5 Å². The number of hydrogen-bond donors (Lipinski definition) is 1. The lowest BCUT2D eigenvalue weighted by Gasteiger charge is -2.27. The van der Waals surface area contributed by atoms with Crippen molar-refractivity contribution in [2.45, 2.75) is 64.6 Å². The SMILES string of the molecule is Cc1nc(-c2nnn(C)c2COC(=O)N(C)CC2CC2)ccc1OC1CC12CCC[C@H](C(=O)O)C2. The molecule has 10 nitrogen and oxygen atoms in total. The number of aliphatic carboxylic acids is 1. The van der Waals surface area contributed by atoms with Crippen molar-refractivity contribution < 1.29 is 24.2 Å². The normalized spacial score (nSPS) is 25.3. The van der Waals surface area contributed by atoms with E-state index in [9.17, 15) is 14.7 Å². The van der Waals surface area contributed by atoms with Crippen molar-refractivity contribution in [3.05, 3.63) is 23.5 Å². The molecule has 0 aliphatic heterocycles. The molecule has 3 fully saturated rings. The molecule has 0 aromatic carbocycles. The minimum absolute atomic E-state index is 0.0129. The lowest BCUT2D eigenvalue weighted by atomic mass is 9.79. The Morgan fingerprint density at radius 1 is 1.26 bits per heavy atom. The molecule has 35 heavy (non-hydrogen) atoms. The van der Waals surface area contributed by atoms with E-state index in [1.54, 1.807) is 23.7 Å². The van der Waals surface area contributed by atoms with Crippen LogP contribution >= 0.6 is 0 Å². The van der Waals surface area contributed by atoms with Crippen molar-refractivity contribution in [2.75, 3.05) is 13.6 Å². The van der Waals surface area contributed by atoms with Crippen molar-refractivity contribution in [1.29, 1.82) is 0 Å². The number of carbonyl (C=O) groups is 2. The van der Waals surface area contributed by atoms with E-state index in [1.165, 1.54) is 12.8 Å². The Bertz CT molecular complexity index is 1130. The molecule has 3 aliphatic rings. The second-order valence-corrected chi connectivity index (χ2v) is 10.5. The molecule has 1 amide bonds. The van der Waals surface area contributed by atoms with Gasteiger partial charge in [-0.1, -0.05) is 11.6 Å². The maximum Gasteiger partial charge on any atom is 0.409 e. The van der Waals surface area contributed by atoms with Gasteiger partial charge in [0, 0.05) is 26.1 Å². The first-order valence-corrected chi connectivity index (χ1v) is 12.4. The molecule has 3 aliphatic carbocycles. The molecule has 2 aromatic rings. The van der Waals surface area contributed by atoms with Gasteiger partial charge in [0.1, 0.15) is 29.8 Å². The van der Waals surface area contributed by atoms with E-state index >= 15 is 0 Å². The highest BCUT2D eigenvalue weighted by Gasteiger charge is 2.58. The first-order valence-electron chi connectivity index (χ1n) is 12.4. The van der Waals surface area contributed by atoms with Crippen molar-refractivity contribution in [1.82, 2.24) is 24.9 Å². The summed E-state index contributed by atoms with van der Waals surface area (Å²) in [6.45, 7) is 2.66. The van der Waals surface area contributed by atoms with Gasteiger partial charge in [0.15, 0.2) is 0 Å². The van der Waals surface area contributed by atoms with Crippen molar-refractivity contribution in [3.8, 4) is 17.1 Å². The Balaban J connectivity index is 1.24. The van der Waals surface area contributed by atoms with E-state index in [-0.39, 0.29) is 30.1 Å². The van der Waals surface area contributed by atoms with Crippen molar-refractivity contribution >= 4 is 12.1 Å². The molecule has 1 spiro atoms. The fraction of sp³-hybridized carbons (Fsp3) is 0.640. The number of rotatable bonds is 8. The third-order valence-corrected chi connectivity index (χ3v) is 7.71. The molecule has 2 aromatic heterocycles. The summed E-state index contributed by atoms with van der Waals surface area (Å²) in [6, 6.07) is 3.72. The van der Waals surface area contributed by atoms with Crippen LogP contribution < -0.4 is 4.74 Å². The zero-order chi connectivity index (χ0) is 24.7. The van der Waals surface area contributed by atoms with Crippen LogP contribution in [0.25, 0.3) is 11.4 Å². The maximum absolute atomic E-state index is 12.3. The van der Waals surface area contributed by atoms with Gasteiger partial charge in [0.05, 0.1) is 17.3 Å².